The normalized spacial score (nSPS) is 14.7. The summed E-state index contributed by atoms with van der Waals surface area (Å²) in [6, 6.07) is 0.207. The van der Waals surface area contributed by atoms with E-state index in [0.717, 1.165) is 25.0 Å². The highest BCUT2D eigenvalue weighted by atomic mass is 32.2. The van der Waals surface area contributed by atoms with Gasteiger partial charge in [0.1, 0.15) is 6.04 Å². The van der Waals surface area contributed by atoms with Gasteiger partial charge in [0.05, 0.1) is 7.11 Å². The molecular formula is C11H23NO2S. The van der Waals surface area contributed by atoms with Gasteiger partial charge in [-0.1, -0.05) is 19.8 Å². The molecular weight excluding hydrogens is 210 g/mol. The van der Waals surface area contributed by atoms with Crippen LogP contribution in [-0.4, -0.2) is 37.2 Å². The zero-order valence-corrected chi connectivity index (χ0v) is 11.0. The zero-order valence-electron chi connectivity index (χ0n) is 10.2. The van der Waals surface area contributed by atoms with Crippen molar-refractivity contribution in [2.75, 3.05) is 19.1 Å². The number of carbonyl (C=O) groups excluding carboxylic acids is 1. The van der Waals surface area contributed by atoms with Crippen molar-refractivity contribution in [2.45, 2.75) is 45.2 Å². The molecule has 0 aromatic rings. The van der Waals surface area contributed by atoms with Gasteiger partial charge in [-0.2, -0.15) is 11.8 Å². The summed E-state index contributed by atoms with van der Waals surface area (Å²) in [6.07, 6.45) is 5.09. The molecule has 0 aromatic carbocycles. The van der Waals surface area contributed by atoms with E-state index in [1.54, 1.807) is 11.8 Å². The third-order valence-electron chi connectivity index (χ3n) is 2.23. The first-order valence-electron chi connectivity index (χ1n) is 5.48. The van der Waals surface area contributed by atoms with E-state index in [2.05, 4.69) is 25.4 Å². The van der Waals surface area contributed by atoms with Gasteiger partial charge in [0, 0.05) is 11.8 Å². The average Bonchev–Trinajstić information content (AvgIpc) is 2.23. The largest absolute Gasteiger partial charge is 0.468 e. The molecule has 0 aliphatic heterocycles. The highest BCUT2D eigenvalue weighted by molar-refractivity contribution is 7.98. The van der Waals surface area contributed by atoms with Crippen molar-refractivity contribution >= 4 is 17.7 Å². The lowest BCUT2D eigenvalue weighted by Crippen LogP contribution is -2.43. The first-order valence-corrected chi connectivity index (χ1v) is 6.87. The van der Waals surface area contributed by atoms with Crippen LogP contribution in [0.4, 0.5) is 0 Å². The van der Waals surface area contributed by atoms with Gasteiger partial charge in [0.2, 0.25) is 0 Å². The number of thioether (sulfide) groups is 1. The lowest BCUT2D eigenvalue weighted by Gasteiger charge is -2.20. The Morgan fingerprint density at radius 3 is 2.67 bits per heavy atom. The molecule has 0 spiro atoms. The predicted molar refractivity (Wildman–Crippen MR) is 66.3 cm³/mol. The van der Waals surface area contributed by atoms with Crippen LogP contribution in [0.15, 0.2) is 0 Å². The number of hydrogen-bond donors (Lipinski definition) is 1. The third kappa shape index (κ3) is 6.79. The molecule has 3 nitrogen and oxygen atoms in total. The fourth-order valence-electron chi connectivity index (χ4n) is 1.46. The number of unbranched alkanes of at least 4 members (excludes halogenated alkanes) is 1. The highest BCUT2D eigenvalue weighted by Gasteiger charge is 2.19. The fourth-order valence-corrected chi connectivity index (χ4v) is 2.06. The molecule has 0 fully saturated rings. The van der Waals surface area contributed by atoms with Crippen molar-refractivity contribution in [3.8, 4) is 0 Å². The maximum Gasteiger partial charge on any atom is 0.322 e. The molecule has 0 bridgehead atoms. The van der Waals surface area contributed by atoms with Crippen LogP contribution in [0.5, 0.6) is 0 Å². The smallest absolute Gasteiger partial charge is 0.322 e. The minimum atomic E-state index is -0.142. The van der Waals surface area contributed by atoms with Crippen LogP contribution in [-0.2, 0) is 9.53 Å². The summed E-state index contributed by atoms with van der Waals surface area (Å²) < 4.78 is 4.78. The first kappa shape index (κ1) is 14.8. The molecule has 1 N–H and O–H groups in total. The molecule has 0 amide bonds. The number of esters is 1. The molecule has 0 saturated heterocycles. The second kappa shape index (κ2) is 9.04. The van der Waals surface area contributed by atoms with Gasteiger partial charge in [-0.05, 0) is 19.6 Å². The van der Waals surface area contributed by atoms with Crippen molar-refractivity contribution in [1.82, 2.24) is 5.32 Å². The summed E-state index contributed by atoms with van der Waals surface area (Å²) in [6.45, 7) is 4.22. The number of methoxy groups -OCH3 is 1. The Morgan fingerprint density at radius 1 is 1.53 bits per heavy atom. The van der Waals surface area contributed by atoms with E-state index in [4.69, 9.17) is 4.74 Å². The maximum atomic E-state index is 11.5. The molecule has 15 heavy (non-hydrogen) atoms. The van der Waals surface area contributed by atoms with E-state index >= 15 is 0 Å². The summed E-state index contributed by atoms with van der Waals surface area (Å²) in [5, 5.41) is 3.31. The van der Waals surface area contributed by atoms with E-state index in [9.17, 15) is 4.79 Å². The first-order chi connectivity index (χ1) is 7.15. The number of carbonyl (C=O) groups is 1. The molecule has 4 heteroatoms. The minimum Gasteiger partial charge on any atom is -0.468 e. The topological polar surface area (TPSA) is 38.3 Å². The van der Waals surface area contributed by atoms with E-state index in [1.165, 1.54) is 7.11 Å². The minimum absolute atomic E-state index is 0.142. The number of rotatable bonds is 8. The van der Waals surface area contributed by atoms with Crippen molar-refractivity contribution in [2.24, 2.45) is 0 Å². The van der Waals surface area contributed by atoms with Crippen molar-refractivity contribution < 1.29 is 9.53 Å². The van der Waals surface area contributed by atoms with Gasteiger partial charge in [0.15, 0.2) is 0 Å². The third-order valence-corrected chi connectivity index (χ3v) is 3.07. The number of hydrogen-bond acceptors (Lipinski definition) is 4. The molecule has 0 aliphatic carbocycles. The van der Waals surface area contributed by atoms with Gasteiger partial charge in [-0.15, -0.1) is 0 Å². The van der Waals surface area contributed by atoms with Crippen LogP contribution < -0.4 is 5.32 Å². The summed E-state index contributed by atoms with van der Waals surface area (Å²) in [4.78, 5) is 11.5. The summed E-state index contributed by atoms with van der Waals surface area (Å²) in [7, 11) is 1.45. The van der Waals surface area contributed by atoms with Gasteiger partial charge >= 0.3 is 5.97 Å². The Bertz CT molecular complexity index is 176. The number of ether oxygens (including phenoxy) is 1. The van der Waals surface area contributed by atoms with Crippen molar-refractivity contribution in [1.29, 1.82) is 0 Å². The lowest BCUT2D eigenvalue weighted by molar-refractivity contribution is -0.143. The molecule has 90 valence electrons. The van der Waals surface area contributed by atoms with Crippen LogP contribution in [0.1, 0.15) is 33.1 Å². The maximum absolute atomic E-state index is 11.5. The zero-order chi connectivity index (χ0) is 11.7. The Hall–Kier alpha value is -0.220. The summed E-state index contributed by atoms with van der Waals surface area (Å²) in [5.74, 6) is 0.871. The molecule has 2 atom stereocenters. The van der Waals surface area contributed by atoms with Crippen LogP contribution in [0.3, 0.4) is 0 Å². The van der Waals surface area contributed by atoms with Crippen LogP contribution in [0.25, 0.3) is 0 Å². The molecule has 0 saturated carbocycles. The van der Waals surface area contributed by atoms with Gasteiger partial charge < -0.3 is 10.1 Å². The SMILES string of the molecule is CCCCC(NC(C)CSC)C(=O)OC. The van der Waals surface area contributed by atoms with Crippen LogP contribution in [0.2, 0.25) is 0 Å². The number of nitrogens with one attached hydrogen (secondary N) is 1. The molecule has 0 aliphatic rings. The predicted octanol–water partition coefficient (Wildman–Crippen LogP) is 2.06. The van der Waals surface area contributed by atoms with Crippen LogP contribution in [0, 0.1) is 0 Å². The summed E-state index contributed by atoms with van der Waals surface area (Å²) in [5.41, 5.74) is 0. The van der Waals surface area contributed by atoms with E-state index in [-0.39, 0.29) is 12.0 Å². The molecule has 0 heterocycles. The fraction of sp³-hybridized carbons (Fsp3) is 0.909. The lowest BCUT2D eigenvalue weighted by atomic mass is 10.1. The summed E-state index contributed by atoms with van der Waals surface area (Å²) >= 11 is 1.78. The Balaban J connectivity index is 4.05. The van der Waals surface area contributed by atoms with E-state index in [0.29, 0.717) is 6.04 Å². The molecule has 0 rings (SSSR count). The monoisotopic (exact) mass is 233 g/mol. The molecule has 0 radical (unpaired) electrons. The van der Waals surface area contributed by atoms with Crippen molar-refractivity contribution in [3.05, 3.63) is 0 Å². The van der Waals surface area contributed by atoms with E-state index in [1.807, 2.05) is 0 Å². The Labute approximate surface area is 97.3 Å². The van der Waals surface area contributed by atoms with Gasteiger partial charge in [-0.3, -0.25) is 4.79 Å². The second-order valence-electron chi connectivity index (χ2n) is 3.74. The highest BCUT2D eigenvalue weighted by Crippen LogP contribution is 2.05. The van der Waals surface area contributed by atoms with Gasteiger partial charge in [0.25, 0.3) is 0 Å². The quantitative estimate of drug-likeness (QED) is 0.651. The Morgan fingerprint density at radius 2 is 2.20 bits per heavy atom. The Kier molecular flexibility index (Phi) is 8.91. The standard InChI is InChI=1S/C11H23NO2S/c1-5-6-7-10(11(13)14-3)12-9(2)8-15-4/h9-10,12H,5-8H2,1-4H3. The van der Waals surface area contributed by atoms with Crippen LogP contribution >= 0.6 is 11.8 Å². The average molecular weight is 233 g/mol. The molecule has 0 aromatic heterocycles. The van der Waals surface area contributed by atoms with Gasteiger partial charge in [-0.25, -0.2) is 0 Å². The second-order valence-corrected chi connectivity index (χ2v) is 4.65. The van der Waals surface area contributed by atoms with Crippen molar-refractivity contribution in [3.63, 3.8) is 0 Å². The van der Waals surface area contributed by atoms with E-state index < -0.39 is 0 Å². The molecule has 2 unspecified atom stereocenters.